The van der Waals surface area contributed by atoms with Gasteiger partial charge in [0.1, 0.15) is 11.0 Å². The van der Waals surface area contributed by atoms with E-state index in [0.29, 0.717) is 12.1 Å². The zero-order valence-electron chi connectivity index (χ0n) is 18.5. The Kier molecular flexibility index (Phi) is 8.17. The van der Waals surface area contributed by atoms with Crippen molar-refractivity contribution in [1.82, 2.24) is 20.1 Å². The zero-order valence-corrected chi connectivity index (χ0v) is 19.3. The number of carboxylic acid groups (broad SMARTS) is 1. The summed E-state index contributed by atoms with van der Waals surface area (Å²) in [5, 5.41) is 14.7. The molecule has 0 saturated carbocycles. The lowest BCUT2D eigenvalue weighted by atomic mass is 9.99. The Morgan fingerprint density at radius 1 is 1.19 bits per heavy atom. The second-order valence-electron chi connectivity index (χ2n) is 8.37. The van der Waals surface area contributed by atoms with E-state index in [-0.39, 0.29) is 18.2 Å². The van der Waals surface area contributed by atoms with Crippen LogP contribution in [0.5, 0.6) is 0 Å². The molecule has 1 aromatic carbocycles. The molecule has 2 atom stereocenters. The highest BCUT2D eigenvalue weighted by molar-refractivity contribution is 7.13. The molecule has 1 fully saturated rings. The maximum atomic E-state index is 12.3. The third-order valence-corrected chi connectivity index (χ3v) is 6.83. The van der Waals surface area contributed by atoms with Crippen molar-refractivity contribution in [3.05, 3.63) is 40.9 Å². The molecule has 1 aliphatic heterocycles. The average molecular weight is 445 g/mol. The number of aliphatic carboxylic acids is 1. The van der Waals surface area contributed by atoms with Crippen molar-refractivity contribution in [1.29, 1.82) is 0 Å². The van der Waals surface area contributed by atoms with E-state index in [9.17, 15) is 14.7 Å². The number of amides is 1. The van der Waals surface area contributed by atoms with Gasteiger partial charge in [-0.15, -0.1) is 11.3 Å². The van der Waals surface area contributed by atoms with Gasteiger partial charge in [0.05, 0.1) is 12.1 Å². The molecule has 8 heteroatoms. The summed E-state index contributed by atoms with van der Waals surface area (Å²) >= 11 is 1.50. The smallest absolute Gasteiger partial charge is 0.326 e. The van der Waals surface area contributed by atoms with Crippen molar-refractivity contribution in [2.75, 3.05) is 33.2 Å². The van der Waals surface area contributed by atoms with Crippen LogP contribution in [0.2, 0.25) is 0 Å². The number of nitrogens with one attached hydrogen (secondary N) is 1. The second kappa shape index (κ2) is 10.8. The first-order chi connectivity index (χ1) is 14.9. The Morgan fingerprint density at radius 3 is 2.48 bits per heavy atom. The Bertz CT molecular complexity index is 875. The van der Waals surface area contributed by atoms with E-state index in [2.05, 4.69) is 51.4 Å². The van der Waals surface area contributed by atoms with Gasteiger partial charge in [0, 0.05) is 43.7 Å². The molecule has 2 aromatic rings. The summed E-state index contributed by atoms with van der Waals surface area (Å²) in [5.74, 6) is -1.44. The van der Waals surface area contributed by atoms with Gasteiger partial charge in [0.15, 0.2) is 0 Å². The molecule has 0 bridgehead atoms. The van der Waals surface area contributed by atoms with Crippen LogP contribution in [0.1, 0.15) is 31.5 Å². The number of rotatable bonds is 9. The molecule has 2 heterocycles. The van der Waals surface area contributed by atoms with E-state index >= 15 is 0 Å². The molecular formula is C23H32N4O3S. The van der Waals surface area contributed by atoms with Crippen molar-refractivity contribution >= 4 is 23.2 Å². The van der Waals surface area contributed by atoms with E-state index in [1.54, 1.807) is 0 Å². The molecule has 168 valence electrons. The van der Waals surface area contributed by atoms with E-state index in [1.165, 1.54) is 16.9 Å². The predicted octanol–water partition coefficient (Wildman–Crippen LogP) is 2.72. The highest BCUT2D eigenvalue weighted by atomic mass is 32.1. The van der Waals surface area contributed by atoms with Crippen LogP contribution in [0.25, 0.3) is 10.6 Å². The highest BCUT2D eigenvalue weighted by Crippen LogP contribution is 2.25. The normalized spacial score (nSPS) is 17.3. The van der Waals surface area contributed by atoms with Crippen molar-refractivity contribution in [3.8, 4) is 10.6 Å². The van der Waals surface area contributed by atoms with Crippen molar-refractivity contribution in [3.63, 3.8) is 0 Å². The molecule has 3 rings (SSSR count). The van der Waals surface area contributed by atoms with Gasteiger partial charge in [-0.1, -0.05) is 44.5 Å². The maximum absolute atomic E-state index is 12.3. The lowest BCUT2D eigenvalue weighted by Crippen LogP contribution is -2.45. The van der Waals surface area contributed by atoms with Gasteiger partial charge in [-0.2, -0.15) is 0 Å². The Morgan fingerprint density at radius 2 is 1.87 bits per heavy atom. The van der Waals surface area contributed by atoms with Gasteiger partial charge in [-0.25, -0.2) is 9.78 Å². The number of likely N-dealkylation sites (N-methyl/N-ethyl adjacent to an activating group) is 1. The van der Waals surface area contributed by atoms with Crippen molar-refractivity contribution in [2.24, 2.45) is 5.92 Å². The average Bonchev–Trinajstić information content (AvgIpc) is 3.21. The van der Waals surface area contributed by atoms with Gasteiger partial charge in [-0.3, -0.25) is 9.69 Å². The number of benzene rings is 1. The highest BCUT2D eigenvalue weighted by Gasteiger charge is 2.25. The van der Waals surface area contributed by atoms with Crippen LogP contribution in [-0.4, -0.2) is 71.0 Å². The fourth-order valence-corrected chi connectivity index (χ4v) is 4.44. The van der Waals surface area contributed by atoms with Gasteiger partial charge in [0.25, 0.3) is 0 Å². The molecule has 2 unspecified atom stereocenters. The van der Waals surface area contributed by atoms with Gasteiger partial charge in [-0.05, 0) is 18.5 Å². The van der Waals surface area contributed by atoms with Crippen molar-refractivity contribution in [2.45, 2.75) is 39.3 Å². The standard InChI is InChI=1S/C23H32N4O3S/c1-4-16(2)21(23(29)30)25-20(28)13-19-15-31-22(24-19)18-7-5-17(6-8-18)14-27-11-9-26(3)10-12-27/h5-8,15-16,21H,4,9-14H2,1-3H3,(H,25,28)(H,29,30). The fraction of sp³-hybridized carbons (Fsp3) is 0.522. The summed E-state index contributed by atoms with van der Waals surface area (Å²) in [6.07, 6.45) is 0.765. The quantitative estimate of drug-likeness (QED) is 0.619. The minimum Gasteiger partial charge on any atom is -0.480 e. The van der Waals surface area contributed by atoms with Crippen LogP contribution >= 0.6 is 11.3 Å². The first kappa shape index (κ1) is 23.4. The summed E-state index contributed by atoms with van der Waals surface area (Å²) in [7, 11) is 2.16. The molecule has 2 N–H and O–H groups in total. The number of thiazole rings is 1. The molecule has 1 saturated heterocycles. The first-order valence-electron chi connectivity index (χ1n) is 10.8. The second-order valence-corrected chi connectivity index (χ2v) is 9.22. The molecule has 0 spiro atoms. The van der Waals surface area contributed by atoms with Crippen molar-refractivity contribution < 1.29 is 14.7 Å². The van der Waals surface area contributed by atoms with Gasteiger partial charge >= 0.3 is 5.97 Å². The maximum Gasteiger partial charge on any atom is 0.326 e. The van der Waals surface area contributed by atoms with Crippen LogP contribution < -0.4 is 5.32 Å². The van der Waals surface area contributed by atoms with Crippen LogP contribution in [0.4, 0.5) is 0 Å². The van der Waals surface area contributed by atoms with Gasteiger partial charge < -0.3 is 15.3 Å². The third-order valence-electron chi connectivity index (χ3n) is 5.89. The number of nitrogens with zero attached hydrogens (tertiary/aromatic N) is 3. The summed E-state index contributed by atoms with van der Waals surface area (Å²) in [4.78, 5) is 33.2. The monoisotopic (exact) mass is 444 g/mol. The first-order valence-corrected chi connectivity index (χ1v) is 11.7. The molecule has 0 aliphatic carbocycles. The lowest BCUT2D eigenvalue weighted by molar-refractivity contribution is -0.143. The topological polar surface area (TPSA) is 85.8 Å². The van der Waals surface area contributed by atoms with E-state index in [1.807, 2.05) is 19.2 Å². The number of carbonyl (C=O) groups is 2. The van der Waals surface area contributed by atoms with E-state index in [0.717, 1.165) is 43.3 Å². The lowest BCUT2D eigenvalue weighted by Gasteiger charge is -2.32. The largest absolute Gasteiger partial charge is 0.480 e. The Labute approximate surface area is 188 Å². The number of piperazine rings is 1. The van der Waals surface area contributed by atoms with Gasteiger partial charge in [0.2, 0.25) is 5.91 Å². The molecule has 7 nitrogen and oxygen atoms in total. The summed E-state index contributed by atoms with van der Waals surface area (Å²) in [5.41, 5.74) is 2.98. The molecule has 1 aromatic heterocycles. The van der Waals surface area contributed by atoms with E-state index in [4.69, 9.17) is 0 Å². The number of hydrogen-bond donors (Lipinski definition) is 2. The summed E-state index contributed by atoms with van der Waals surface area (Å²) in [6, 6.07) is 7.58. The fourth-order valence-electron chi connectivity index (χ4n) is 3.61. The van der Waals surface area contributed by atoms with E-state index < -0.39 is 12.0 Å². The molecular weight excluding hydrogens is 412 g/mol. The zero-order chi connectivity index (χ0) is 22.4. The number of aromatic nitrogens is 1. The molecule has 0 radical (unpaired) electrons. The number of carbonyl (C=O) groups excluding carboxylic acids is 1. The minimum absolute atomic E-state index is 0.0816. The third kappa shape index (κ3) is 6.59. The SMILES string of the molecule is CCC(C)C(NC(=O)Cc1csc(-c2ccc(CN3CCN(C)CC3)cc2)n1)C(=O)O. The van der Waals surface area contributed by atoms with Crippen LogP contribution in [0, 0.1) is 5.92 Å². The number of hydrogen-bond acceptors (Lipinski definition) is 6. The summed E-state index contributed by atoms with van der Waals surface area (Å²) < 4.78 is 0. The van der Waals surface area contributed by atoms with Crippen LogP contribution in [0.15, 0.2) is 29.6 Å². The molecule has 1 amide bonds. The Hall–Kier alpha value is -2.29. The molecule has 1 aliphatic rings. The number of carboxylic acids is 1. The minimum atomic E-state index is -1.00. The molecule has 31 heavy (non-hydrogen) atoms. The summed E-state index contributed by atoms with van der Waals surface area (Å²) in [6.45, 7) is 9.10. The predicted molar refractivity (Wildman–Crippen MR) is 123 cm³/mol. The van der Waals surface area contributed by atoms with Crippen LogP contribution in [-0.2, 0) is 22.6 Å². The Balaban J connectivity index is 1.56. The van der Waals surface area contributed by atoms with Crippen LogP contribution in [0.3, 0.4) is 0 Å².